The average Bonchev–Trinajstić information content (AvgIpc) is 2.54. The second-order valence-corrected chi connectivity index (χ2v) is 3.74. The minimum absolute atomic E-state index is 0.0991. The van der Waals surface area contributed by atoms with Gasteiger partial charge in [-0.1, -0.05) is 11.6 Å². The lowest BCUT2D eigenvalue weighted by atomic mass is 10.2. The van der Waals surface area contributed by atoms with Gasteiger partial charge in [-0.15, -0.1) is 0 Å². The molecule has 1 atom stereocenters. The molecule has 1 fully saturated rings. The number of hydrogen-bond acceptors (Lipinski definition) is 3. The van der Waals surface area contributed by atoms with Gasteiger partial charge < -0.3 is 4.74 Å². The molecule has 14 heavy (non-hydrogen) atoms. The van der Waals surface area contributed by atoms with Crippen LogP contribution in [0.2, 0.25) is 5.15 Å². The van der Waals surface area contributed by atoms with Crippen molar-refractivity contribution in [2.24, 2.45) is 0 Å². The molecular formula is C9H11ClN2O2. The zero-order valence-corrected chi connectivity index (χ0v) is 8.62. The molecule has 0 spiro atoms. The molecule has 1 aromatic rings. The summed E-state index contributed by atoms with van der Waals surface area (Å²) in [6, 6.07) is 1.46. The van der Waals surface area contributed by atoms with Crippen molar-refractivity contribution in [3.63, 3.8) is 0 Å². The molecule has 1 aliphatic heterocycles. The van der Waals surface area contributed by atoms with Crippen LogP contribution in [0.1, 0.15) is 18.3 Å². The first-order valence-corrected chi connectivity index (χ1v) is 4.89. The normalized spacial score (nSPS) is 21.4. The molecule has 0 radical (unpaired) electrons. The molecule has 0 amide bonds. The quantitative estimate of drug-likeness (QED) is 0.660. The van der Waals surface area contributed by atoms with Crippen LogP contribution in [-0.4, -0.2) is 22.8 Å². The fraction of sp³-hybridized carbons (Fsp3) is 0.556. The predicted octanol–water partition coefficient (Wildman–Crippen LogP) is 1.17. The van der Waals surface area contributed by atoms with E-state index in [1.165, 1.54) is 6.07 Å². The molecule has 5 heteroatoms. The van der Waals surface area contributed by atoms with E-state index in [1.54, 1.807) is 11.5 Å². The van der Waals surface area contributed by atoms with Gasteiger partial charge in [-0.3, -0.25) is 9.36 Å². The molecule has 0 saturated carbocycles. The molecule has 2 heterocycles. The lowest BCUT2D eigenvalue weighted by Gasteiger charge is -2.14. The van der Waals surface area contributed by atoms with Crippen molar-refractivity contribution in [3.8, 4) is 0 Å². The van der Waals surface area contributed by atoms with Crippen LogP contribution in [0.4, 0.5) is 0 Å². The Kier molecular flexibility index (Phi) is 2.56. The molecular weight excluding hydrogens is 204 g/mol. The number of rotatable bonds is 1. The summed E-state index contributed by atoms with van der Waals surface area (Å²) in [5, 5.41) is 0.252. The third-order valence-electron chi connectivity index (χ3n) is 2.37. The van der Waals surface area contributed by atoms with Gasteiger partial charge in [0.05, 0.1) is 12.6 Å². The second-order valence-electron chi connectivity index (χ2n) is 3.35. The summed E-state index contributed by atoms with van der Waals surface area (Å²) in [5.41, 5.74) is -0.0991. The van der Waals surface area contributed by atoms with Crippen molar-refractivity contribution in [1.82, 2.24) is 9.55 Å². The summed E-state index contributed by atoms with van der Waals surface area (Å²) in [5.74, 6) is 0.651. The van der Waals surface area contributed by atoms with Crippen molar-refractivity contribution >= 4 is 11.6 Å². The first-order valence-electron chi connectivity index (χ1n) is 4.52. The highest BCUT2D eigenvalue weighted by molar-refractivity contribution is 6.29. The molecule has 0 bridgehead atoms. The SMILES string of the molecule is Cc1nc(Cl)cc(=O)n1C1CCOC1. The molecule has 1 aliphatic rings. The Morgan fingerprint density at radius 3 is 3.07 bits per heavy atom. The molecule has 1 unspecified atom stereocenters. The molecule has 0 aliphatic carbocycles. The van der Waals surface area contributed by atoms with Crippen LogP contribution in [0.25, 0.3) is 0 Å². The third kappa shape index (κ3) is 1.67. The highest BCUT2D eigenvalue weighted by Gasteiger charge is 2.20. The smallest absolute Gasteiger partial charge is 0.255 e. The van der Waals surface area contributed by atoms with Crippen LogP contribution in [0.3, 0.4) is 0 Å². The first-order chi connectivity index (χ1) is 6.68. The van der Waals surface area contributed by atoms with Crippen LogP contribution < -0.4 is 5.56 Å². The van der Waals surface area contributed by atoms with Crippen molar-refractivity contribution in [3.05, 3.63) is 27.4 Å². The molecule has 0 N–H and O–H groups in total. The minimum Gasteiger partial charge on any atom is -0.379 e. The highest BCUT2D eigenvalue weighted by atomic mass is 35.5. The Balaban J connectivity index is 2.46. The van der Waals surface area contributed by atoms with Crippen molar-refractivity contribution in [1.29, 1.82) is 0 Å². The van der Waals surface area contributed by atoms with E-state index < -0.39 is 0 Å². The molecule has 0 aromatic carbocycles. The van der Waals surface area contributed by atoms with E-state index >= 15 is 0 Å². The van der Waals surface area contributed by atoms with Crippen molar-refractivity contribution < 1.29 is 4.74 Å². The summed E-state index contributed by atoms with van der Waals surface area (Å²) in [6.07, 6.45) is 0.865. The number of ether oxygens (including phenoxy) is 1. The Bertz CT molecular complexity index is 396. The summed E-state index contributed by atoms with van der Waals surface area (Å²) in [4.78, 5) is 15.7. The van der Waals surface area contributed by atoms with Gasteiger partial charge in [-0.2, -0.15) is 0 Å². The third-order valence-corrected chi connectivity index (χ3v) is 2.56. The maximum Gasteiger partial charge on any atom is 0.255 e. The standard InChI is InChI=1S/C9H11ClN2O2/c1-6-11-8(10)4-9(13)12(6)7-2-3-14-5-7/h4,7H,2-3,5H2,1H3. The summed E-state index contributed by atoms with van der Waals surface area (Å²) in [6.45, 7) is 3.08. The monoisotopic (exact) mass is 214 g/mol. The van der Waals surface area contributed by atoms with E-state index in [0.717, 1.165) is 6.42 Å². The van der Waals surface area contributed by atoms with E-state index in [1.807, 2.05) is 0 Å². The van der Waals surface area contributed by atoms with Gasteiger partial charge in [0.15, 0.2) is 0 Å². The Morgan fingerprint density at radius 1 is 1.71 bits per heavy atom. The fourth-order valence-electron chi connectivity index (χ4n) is 1.74. The Morgan fingerprint density at radius 2 is 2.50 bits per heavy atom. The topological polar surface area (TPSA) is 44.1 Å². The summed E-state index contributed by atoms with van der Waals surface area (Å²) >= 11 is 5.67. The van der Waals surface area contributed by atoms with Gasteiger partial charge in [0, 0.05) is 12.7 Å². The lowest BCUT2D eigenvalue weighted by molar-refractivity contribution is 0.185. The molecule has 76 valence electrons. The highest BCUT2D eigenvalue weighted by Crippen LogP contribution is 2.18. The van der Waals surface area contributed by atoms with Gasteiger partial charge in [-0.05, 0) is 13.3 Å². The Labute approximate surface area is 86.5 Å². The second kappa shape index (κ2) is 3.71. The van der Waals surface area contributed by atoms with Gasteiger partial charge >= 0.3 is 0 Å². The number of halogens is 1. The van der Waals surface area contributed by atoms with Crippen molar-refractivity contribution in [2.45, 2.75) is 19.4 Å². The van der Waals surface area contributed by atoms with Crippen LogP contribution in [0.5, 0.6) is 0 Å². The Hall–Kier alpha value is -0.870. The van der Waals surface area contributed by atoms with Crippen LogP contribution >= 0.6 is 11.6 Å². The van der Waals surface area contributed by atoms with E-state index in [9.17, 15) is 4.79 Å². The molecule has 1 aromatic heterocycles. The van der Waals surface area contributed by atoms with Gasteiger partial charge in [0.2, 0.25) is 0 Å². The van der Waals surface area contributed by atoms with Crippen molar-refractivity contribution in [2.75, 3.05) is 13.2 Å². The van der Waals surface area contributed by atoms with Crippen LogP contribution in [0.15, 0.2) is 10.9 Å². The predicted molar refractivity (Wildman–Crippen MR) is 52.7 cm³/mol. The van der Waals surface area contributed by atoms with Gasteiger partial charge in [0.25, 0.3) is 5.56 Å². The molecule has 2 rings (SSSR count). The largest absolute Gasteiger partial charge is 0.379 e. The lowest BCUT2D eigenvalue weighted by Crippen LogP contribution is -2.27. The van der Waals surface area contributed by atoms with Crippen LogP contribution in [0, 0.1) is 6.92 Å². The first kappa shape index (κ1) is 9.68. The number of hydrogen-bond donors (Lipinski definition) is 0. The number of aryl methyl sites for hydroxylation is 1. The maximum absolute atomic E-state index is 11.6. The van der Waals surface area contributed by atoms with E-state index in [4.69, 9.17) is 16.3 Å². The zero-order chi connectivity index (χ0) is 10.1. The van der Waals surface area contributed by atoms with E-state index in [-0.39, 0.29) is 16.8 Å². The van der Waals surface area contributed by atoms with E-state index in [2.05, 4.69) is 4.98 Å². The number of aromatic nitrogens is 2. The number of nitrogens with zero attached hydrogens (tertiary/aromatic N) is 2. The molecule has 1 saturated heterocycles. The average molecular weight is 215 g/mol. The minimum atomic E-state index is -0.0991. The fourth-order valence-corrected chi connectivity index (χ4v) is 1.96. The maximum atomic E-state index is 11.6. The zero-order valence-electron chi connectivity index (χ0n) is 7.86. The summed E-state index contributed by atoms with van der Waals surface area (Å²) < 4.78 is 6.88. The summed E-state index contributed by atoms with van der Waals surface area (Å²) in [7, 11) is 0. The van der Waals surface area contributed by atoms with E-state index in [0.29, 0.717) is 19.0 Å². The van der Waals surface area contributed by atoms with Gasteiger partial charge in [0.1, 0.15) is 11.0 Å². The van der Waals surface area contributed by atoms with Crippen LogP contribution in [-0.2, 0) is 4.74 Å². The van der Waals surface area contributed by atoms with Gasteiger partial charge in [-0.25, -0.2) is 4.98 Å². The molecule has 4 nitrogen and oxygen atoms in total.